The number of nitrogens with one attached hydrogen (secondary N) is 2. The minimum Gasteiger partial charge on any atom is -0.419 e. The number of hydrogen-bond acceptors (Lipinski definition) is 13. The molecular formula is C21H30N6O7S3. The number of rotatable bonds is 11. The lowest BCUT2D eigenvalue weighted by Gasteiger charge is -2.21. The fraction of sp³-hybridized carbons (Fsp3) is 0.714. The van der Waals surface area contributed by atoms with Crippen molar-refractivity contribution in [2.75, 3.05) is 35.4 Å². The summed E-state index contributed by atoms with van der Waals surface area (Å²) in [5.41, 5.74) is 0. The van der Waals surface area contributed by atoms with Gasteiger partial charge in [0, 0.05) is 25.9 Å². The molecule has 0 radical (unpaired) electrons. The summed E-state index contributed by atoms with van der Waals surface area (Å²) in [4.78, 5) is 24.2. The number of ether oxygens (including phenoxy) is 3. The highest BCUT2D eigenvalue weighted by Crippen LogP contribution is 2.21. The number of anilines is 2. The summed E-state index contributed by atoms with van der Waals surface area (Å²) in [6.07, 6.45) is 4.77. The van der Waals surface area contributed by atoms with Gasteiger partial charge in [-0.05, 0) is 32.1 Å². The van der Waals surface area contributed by atoms with Crippen molar-refractivity contribution in [2.24, 2.45) is 0 Å². The number of aryl methyl sites for hydroxylation is 2. The highest BCUT2D eigenvalue weighted by atomic mass is 32.2. The molecule has 4 heterocycles. The van der Waals surface area contributed by atoms with Crippen LogP contribution in [0.2, 0.25) is 0 Å². The first kappa shape index (κ1) is 27.8. The SMILES string of the molecule is O=C(CC1CCCCO1)Nc1nnc(CCS(=O)(=O)CCc2nnc(NC(=O)OC3CCCCO3)s2)s1. The van der Waals surface area contributed by atoms with E-state index in [2.05, 4.69) is 31.0 Å². The molecule has 37 heavy (non-hydrogen) atoms. The van der Waals surface area contributed by atoms with Crippen LogP contribution in [0.5, 0.6) is 0 Å². The molecule has 2 aromatic heterocycles. The molecule has 2 atom stereocenters. The number of amides is 2. The number of sulfone groups is 1. The molecule has 4 rings (SSSR count). The smallest absolute Gasteiger partial charge is 0.415 e. The second kappa shape index (κ2) is 13.5. The van der Waals surface area contributed by atoms with Crippen LogP contribution in [0.1, 0.15) is 55.0 Å². The molecule has 2 fully saturated rings. The zero-order valence-electron chi connectivity index (χ0n) is 20.2. The summed E-state index contributed by atoms with van der Waals surface area (Å²) in [7, 11) is -3.40. The summed E-state index contributed by atoms with van der Waals surface area (Å²) in [6.45, 7) is 1.24. The van der Waals surface area contributed by atoms with E-state index in [-0.39, 0.29) is 47.9 Å². The second-order valence-electron chi connectivity index (χ2n) is 8.72. The molecule has 16 heteroatoms. The Morgan fingerprint density at radius 2 is 1.49 bits per heavy atom. The molecule has 2 unspecified atom stereocenters. The quantitative estimate of drug-likeness (QED) is 0.404. The van der Waals surface area contributed by atoms with E-state index in [0.717, 1.165) is 54.8 Å². The van der Waals surface area contributed by atoms with E-state index in [0.29, 0.717) is 34.8 Å². The lowest BCUT2D eigenvalue weighted by atomic mass is 10.1. The van der Waals surface area contributed by atoms with Gasteiger partial charge in [-0.3, -0.25) is 10.1 Å². The lowest BCUT2D eigenvalue weighted by Crippen LogP contribution is -2.27. The highest BCUT2D eigenvalue weighted by Gasteiger charge is 2.21. The van der Waals surface area contributed by atoms with Crippen LogP contribution in [-0.2, 0) is 41.7 Å². The predicted octanol–water partition coefficient (Wildman–Crippen LogP) is 2.56. The first-order valence-electron chi connectivity index (χ1n) is 12.2. The summed E-state index contributed by atoms with van der Waals surface area (Å²) in [5, 5.41) is 22.5. The number of carbonyl (C=O) groups excluding carboxylic acids is 2. The number of nitrogens with zero attached hydrogens (tertiary/aromatic N) is 4. The Hall–Kier alpha value is -2.27. The summed E-state index contributed by atoms with van der Waals surface area (Å²) < 4.78 is 41.1. The van der Waals surface area contributed by atoms with Gasteiger partial charge in [0.1, 0.15) is 10.0 Å². The van der Waals surface area contributed by atoms with Crippen molar-refractivity contribution >= 4 is 54.8 Å². The molecule has 0 saturated carbocycles. The van der Waals surface area contributed by atoms with Gasteiger partial charge < -0.3 is 19.5 Å². The average Bonchev–Trinajstić information content (AvgIpc) is 3.52. The van der Waals surface area contributed by atoms with Crippen LogP contribution in [0.25, 0.3) is 0 Å². The Morgan fingerprint density at radius 3 is 2.08 bits per heavy atom. The van der Waals surface area contributed by atoms with Gasteiger partial charge >= 0.3 is 6.09 Å². The number of aromatic nitrogens is 4. The molecule has 2 aliphatic heterocycles. The standard InChI is InChI=1S/C21H30N6O7S3/c28-15(13-14-5-1-3-9-32-14)22-19-26-24-16(35-19)7-11-37(30,31)12-8-17-25-27-20(36-17)23-21(29)34-18-6-2-4-10-33-18/h14,18H,1-13H2,(H,22,26,28)(H,23,27,29). The summed E-state index contributed by atoms with van der Waals surface area (Å²) >= 11 is 2.25. The van der Waals surface area contributed by atoms with Crippen molar-refractivity contribution in [1.82, 2.24) is 20.4 Å². The Kier molecular flexibility index (Phi) is 10.1. The van der Waals surface area contributed by atoms with Gasteiger partial charge in [0.2, 0.25) is 22.5 Å². The minimum absolute atomic E-state index is 0.0730. The highest BCUT2D eigenvalue weighted by molar-refractivity contribution is 7.91. The van der Waals surface area contributed by atoms with Crippen molar-refractivity contribution in [3.8, 4) is 0 Å². The molecule has 2 N–H and O–H groups in total. The monoisotopic (exact) mass is 574 g/mol. The number of carbonyl (C=O) groups is 2. The molecule has 2 amide bonds. The van der Waals surface area contributed by atoms with Crippen LogP contribution in [0.15, 0.2) is 0 Å². The maximum atomic E-state index is 12.5. The third-order valence-electron chi connectivity index (χ3n) is 5.71. The average molecular weight is 575 g/mol. The molecular weight excluding hydrogens is 544 g/mol. The predicted molar refractivity (Wildman–Crippen MR) is 136 cm³/mol. The van der Waals surface area contributed by atoms with Gasteiger partial charge in [-0.2, -0.15) is 0 Å². The van der Waals surface area contributed by atoms with Crippen molar-refractivity contribution in [1.29, 1.82) is 0 Å². The molecule has 0 aliphatic carbocycles. The first-order chi connectivity index (χ1) is 17.8. The van der Waals surface area contributed by atoms with E-state index in [1.807, 2.05) is 0 Å². The molecule has 0 spiro atoms. The zero-order chi connectivity index (χ0) is 26.1. The van der Waals surface area contributed by atoms with Crippen LogP contribution in [0.4, 0.5) is 15.1 Å². The molecule has 0 aromatic carbocycles. The number of hydrogen-bond donors (Lipinski definition) is 2. The van der Waals surface area contributed by atoms with E-state index in [9.17, 15) is 18.0 Å². The van der Waals surface area contributed by atoms with Crippen LogP contribution >= 0.6 is 22.7 Å². The molecule has 0 bridgehead atoms. The summed E-state index contributed by atoms with van der Waals surface area (Å²) in [6, 6.07) is 0. The van der Waals surface area contributed by atoms with Crippen molar-refractivity contribution in [3.05, 3.63) is 10.0 Å². The van der Waals surface area contributed by atoms with E-state index >= 15 is 0 Å². The Morgan fingerprint density at radius 1 is 0.865 bits per heavy atom. The van der Waals surface area contributed by atoms with E-state index in [4.69, 9.17) is 14.2 Å². The first-order valence-corrected chi connectivity index (χ1v) is 15.7. The van der Waals surface area contributed by atoms with Gasteiger partial charge in [0.05, 0.1) is 30.6 Å². The largest absolute Gasteiger partial charge is 0.419 e. The fourth-order valence-electron chi connectivity index (χ4n) is 3.78. The van der Waals surface area contributed by atoms with E-state index in [1.165, 1.54) is 0 Å². The second-order valence-corrected chi connectivity index (χ2v) is 13.1. The maximum absolute atomic E-state index is 12.5. The minimum atomic E-state index is -3.40. The van der Waals surface area contributed by atoms with Gasteiger partial charge in [-0.1, -0.05) is 22.7 Å². The van der Waals surface area contributed by atoms with E-state index < -0.39 is 22.2 Å². The Labute approximate surface area is 222 Å². The topological polar surface area (TPSA) is 172 Å². The fourth-order valence-corrected chi connectivity index (χ4v) is 6.74. The van der Waals surface area contributed by atoms with Gasteiger partial charge in [-0.25, -0.2) is 13.2 Å². The van der Waals surface area contributed by atoms with Crippen LogP contribution < -0.4 is 10.6 Å². The molecule has 13 nitrogen and oxygen atoms in total. The van der Waals surface area contributed by atoms with Gasteiger partial charge in [0.25, 0.3) is 0 Å². The normalized spacial score (nSPS) is 20.3. The lowest BCUT2D eigenvalue weighted by molar-refractivity contribution is -0.123. The third kappa shape index (κ3) is 9.52. The molecule has 2 aromatic rings. The van der Waals surface area contributed by atoms with E-state index in [1.54, 1.807) is 0 Å². The van der Waals surface area contributed by atoms with Crippen LogP contribution in [0.3, 0.4) is 0 Å². The maximum Gasteiger partial charge on any atom is 0.415 e. The zero-order valence-corrected chi connectivity index (χ0v) is 22.7. The van der Waals surface area contributed by atoms with Crippen molar-refractivity contribution in [3.63, 3.8) is 0 Å². The molecule has 204 valence electrons. The van der Waals surface area contributed by atoms with Gasteiger partial charge in [-0.15, -0.1) is 20.4 Å². The van der Waals surface area contributed by atoms with Crippen molar-refractivity contribution in [2.45, 2.75) is 70.2 Å². The van der Waals surface area contributed by atoms with Crippen LogP contribution in [-0.4, -0.2) is 77.9 Å². The van der Waals surface area contributed by atoms with Crippen LogP contribution in [0, 0.1) is 0 Å². The van der Waals surface area contributed by atoms with Gasteiger partial charge in [0.15, 0.2) is 9.84 Å². The molecule has 2 aliphatic rings. The Balaban J connectivity index is 1.16. The van der Waals surface area contributed by atoms with Crippen molar-refractivity contribution < 1.29 is 32.2 Å². The Bertz CT molecular complexity index is 1060. The molecule has 2 saturated heterocycles. The third-order valence-corrected chi connectivity index (χ3v) is 9.16. The summed E-state index contributed by atoms with van der Waals surface area (Å²) in [5.74, 6) is -0.418.